The average Bonchev–Trinajstić information content (AvgIpc) is 2.78. The van der Waals surface area contributed by atoms with E-state index in [-0.39, 0.29) is 18.4 Å². The number of carbonyl (C=O) groups excluding carboxylic acids is 3. The van der Waals surface area contributed by atoms with Crippen molar-refractivity contribution < 1.29 is 23.9 Å². The maximum absolute atomic E-state index is 11.5. The predicted octanol–water partition coefficient (Wildman–Crippen LogP) is 3.56. The lowest BCUT2D eigenvalue weighted by atomic mass is 10.2. The number of aryl methyl sites for hydroxylation is 1. The topological polar surface area (TPSA) is 93.7 Å². The highest BCUT2D eigenvalue weighted by atomic mass is 16.5. The van der Waals surface area contributed by atoms with E-state index in [1.165, 1.54) is 12.7 Å². The summed E-state index contributed by atoms with van der Waals surface area (Å²) in [6, 6.07) is 7.46. The number of hydrogen-bond acceptors (Lipinski definition) is 5. The molecule has 0 heterocycles. The van der Waals surface area contributed by atoms with Crippen LogP contribution in [0.25, 0.3) is 0 Å². The summed E-state index contributed by atoms with van der Waals surface area (Å²) in [5, 5.41) is 4.94. The SMILES string of the molecule is C=CCCOc1ccc(C)cc1.CC.CCC(=O)N[C@@H](CC)C(=O)NCC(=O)OC. The standard InChI is InChI=1S/C11H14O.C10H18N2O4.C2H6/c1-3-4-9-12-11-7-5-10(2)6-8-11;1-4-7(12-8(13)5-2)10(15)11-6-9(14)16-3;1-2/h3,5-8H,1,4,9H2,2H3;7H,4-6H2,1-3H3,(H,11,15)(H,12,13);1-2H3/t;7-;/m.0./s1. The number of nitrogens with one attached hydrogen (secondary N) is 2. The Labute approximate surface area is 181 Å². The number of hydrogen-bond donors (Lipinski definition) is 2. The van der Waals surface area contributed by atoms with Crippen LogP contribution in [0.1, 0.15) is 52.5 Å². The van der Waals surface area contributed by atoms with Crippen LogP contribution in [0.3, 0.4) is 0 Å². The van der Waals surface area contributed by atoms with Crippen molar-refractivity contribution in [2.45, 2.75) is 59.9 Å². The van der Waals surface area contributed by atoms with Gasteiger partial charge in [-0.2, -0.15) is 0 Å². The molecule has 0 aliphatic carbocycles. The van der Waals surface area contributed by atoms with Gasteiger partial charge in [-0.3, -0.25) is 14.4 Å². The van der Waals surface area contributed by atoms with E-state index in [9.17, 15) is 14.4 Å². The molecule has 0 bridgehead atoms. The number of rotatable bonds is 10. The van der Waals surface area contributed by atoms with Crippen LogP contribution in [-0.4, -0.2) is 44.1 Å². The van der Waals surface area contributed by atoms with Gasteiger partial charge < -0.3 is 20.1 Å². The van der Waals surface area contributed by atoms with Gasteiger partial charge in [0.05, 0.1) is 13.7 Å². The number of benzene rings is 1. The summed E-state index contributed by atoms with van der Waals surface area (Å²) in [7, 11) is 1.24. The fraction of sp³-hybridized carbons (Fsp3) is 0.522. The lowest BCUT2D eigenvalue weighted by molar-refractivity contribution is -0.141. The lowest BCUT2D eigenvalue weighted by Crippen LogP contribution is -2.47. The van der Waals surface area contributed by atoms with Crippen LogP contribution in [0.2, 0.25) is 0 Å². The molecule has 7 heteroatoms. The smallest absolute Gasteiger partial charge is 0.325 e. The Bertz CT molecular complexity index is 615. The first-order valence-electron chi connectivity index (χ1n) is 10.3. The number of ether oxygens (including phenoxy) is 2. The molecule has 1 atom stereocenters. The van der Waals surface area contributed by atoms with E-state index < -0.39 is 12.0 Å². The highest BCUT2D eigenvalue weighted by molar-refractivity contribution is 5.89. The molecular weight excluding hydrogens is 384 g/mol. The van der Waals surface area contributed by atoms with Gasteiger partial charge in [0, 0.05) is 6.42 Å². The molecule has 0 aliphatic heterocycles. The van der Waals surface area contributed by atoms with Crippen molar-refractivity contribution in [1.29, 1.82) is 0 Å². The van der Waals surface area contributed by atoms with E-state index in [2.05, 4.69) is 28.9 Å². The third kappa shape index (κ3) is 15.1. The Morgan fingerprint density at radius 3 is 2.20 bits per heavy atom. The van der Waals surface area contributed by atoms with Gasteiger partial charge in [0.2, 0.25) is 11.8 Å². The monoisotopic (exact) mass is 422 g/mol. The summed E-state index contributed by atoms with van der Waals surface area (Å²) in [5.74, 6) is -0.165. The summed E-state index contributed by atoms with van der Waals surface area (Å²) in [6.07, 6.45) is 3.54. The highest BCUT2D eigenvalue weighted by Gasteiger charge is 2.18. The van der Waals surface area contributed by atoms with Crippen molar-refractivity contribution in [2.75, 3.05) is 20.3 Å². The van der Waals surface area contributed by atoms with Crippen molar-refractivity contribution in [3.63, 3.8) is 0 Å². The Morgan fingerprint density at radius 2 is 1.73 bits per heavy atom. The van der Waals surface area contributed by atoms with E-state index in [1.807, 2.05) is 44.2 Å². The van der Waals surface area contributed by atoms with Crippen molar-refractivity contribution in [3.05, 3.63) is 42.5 Å². The van der Waals surface area contributed by atoms with Gasteiger partial charge in [-0.15, -0.1) is 6.58 Å². The lowest BCUT2D eigenvalue weighted by Gasteiger charge is -2.15. The molecular formula is C23H38N2O5. The predicted molar refractivity (Wildman–Crippen MR) is 120 cm³/mol. The molecule has 1 aromatic carbocycles. The van der Waals surface area contributed by atoms with Crippen LogP contribution in [0, 0.1) is 6.92 Å². The molecule has 0 fully saturated rings. The van der Waals surface area contributed by atoms with Gasteiger partial charge in [0.15, 0.2) is 0 Å². The highest BCUT2D eigenvalue weighted by Crippen LogP contribution is 2.11. The third-order valence-electron chi connectivity index (χ3n) is 3.63. The quantitative estimate of drug-likeness (QED) is 0.342. The van der Waals surface area contributed by atoms with Gasteiger partial charge in [0.1, 0.15) is 18.3 Å². The zero-order valence-electron chi connectivity index (χ0n) is 19.2. The van der Waals surface area contributed by atoms with Crippen LogP contribution in [0.5, 0.6) is 5.75 Å². The van der Waals surface area contributed by atoms with Crippen molar-refractivity contribution in [3.8, 4) is 5.75 Å². The summed E-state index contributed by atoms with van der Waals surface area (Å²) < 4.78 is 9.81. The zero-order valence-corrected chi connectivity index (χ0v) is 19.2. The van der Waals surface area contributed by atoms with Crippen LogP contribution < -0.4 is 15.4 Å². The van der Waals surface area contributed by atoms with E-state index in [0.717, 1.165) is 12.2 Å². The summed E-state index contributed by atoms with van der Waals surface area (Å²) in [6.45, 7) is 13.7. The third-order valence-corrected chi connectivity index (χ3v) is 3.63. The van der Waals surface area contributed by atoms with E-state index in [1.54, 1.807) is 13.8 Å². The van der Waals surface area contributed by atoms with Gasteiger partial charge in [0.25, 0.3) is 0 Å². The molecule has 2 N–H and O–H groups in total. The van der Waals surface area contributed by atoms with Gasteiger partial charge in [-0.25, -0.2) is 0 Å². The average molecular weight is 423 g/mol. The minimum atomic E-state index is -0.600. The first-order valence-corrected chi connectivity index (χ1v) is 10.3. The molecule has 0 saturated heterocycles. The molecule has 0 aromatic heterocycles. The van der Waals surface area contributed by atoms with E-state index >= 15 is 0 Å². The number of amides is 2. The van der Waals surface area contributed by atoms with Crippen molar-refractivity contribution in [1.82, 2.24) is 10.6 Å². The largest absolute Gasteiger partial charge is 0.493 e. The second kappa shape index (κ2) is 19.5. The fourth-order valence-electron chi connectivity index (χ4n) is 1.90. The Balaban J connectivity index is 0. The maximum atomic E-state index is 11.5. The normalized spacial score (nSPS) is 10.1. The van der Waals surface area contributed by atoms with Gasteiger partial charge >= 0.3 is 5.97 Å². The number of carbonyl (C=O) groups is 3. The molecule has 1 aromatic rings. The second-order valence-corrected chi connectivity index (χ2v) is 5.91. The van der Waals surface area contributed by atoms with Crippen molar-refractivity contribution >= 4 is 17.8 Å². The molecule has 170 valence electrons. The van der Waals surface area contributed by atoms with Crippen LogP contribution in [0.4, 0.5) is 0 Å². The Morgan fingerprint density at radius 1 is 1.13 bits per heavy atom. The van der Waals surface area contributed by atoms with E-state index in [0.29, 0.717) is 19.4 Å². The van der Waals surface area contributed by atoms with Crippen LogP contribution in [-0.2, 0) is 19.1 Å². The fourth-order valence-corrected chi connectivity index (χ4v) is 1.90. The summed E-state index contributed by atoms with van der Waals surface area (Å²) >= 11 is 0. The molecule has 1 rings (SSSR count). The minimum absolute atomic E-state index is 0.187. The van der Waals surface area contributed by atoms with Gasteiger partial charge in [-0.05, 0) is 31.9 Å². The van der Waals surface area contributed by atoms with Crippen LogP contribution >= 0.6 is 0 Å². The maximum Gasteiger partial charge on any atom is 0.325 e. The zero-order chi connectivity index (χ0) is 23.4. The molecule has 2 amide bonds. The molecule has 7 nitrogen and oxygen atoms in total. The van der Waals surface area contributed by atoms with Crippen LogP contribution in [0.15, 0.2) is 36.9 Å². The molecule has 0 saturated carbocycles. The summed E-state index contributed by atoms with van der Waals surface area (Å²) in [4.78, 5) is 33.4. The van der Waals surface area contributed by atoms with Gasteiger partial charge in [-0.1, -0.05) is 51.5 Å². The minimum Gasteiger partial charge on any atom is -0.493 e. The molecule has 0 unspecified atom stereocenters. The van der Waals surface area contributed by atoms with E-state index in [4.69, 9.17) is 4.74 Å². The molecule has 30 heavy (non-hydrogen) atoms. The molecule has 0 spiro atoms. The second-order valence-electron chi connectivity index (χ2n) is 5.91. The first-order chi connectivity index (χ1) is 14.4. The summed E-state index contributed by atoms with van der Waals surface area (Å²) in [5.41, 5.74) is 1.26. The Kier molecular flexibility index (Phi) is 19.1. The van der Waals surface area contributed by atoms with Crippen molar-refractivity contribution in [2.24, 2.45) is 0 Å². The number of esters is 1. The molecule has 0 aliphatic rings. The molecule has 0 radical (unpaired) electrons. The Hall–Kier alpha value is -2.83. The number of methoxy groups -OCH3 is 1. The first kappa shape index (κ1) is 29.4.